The van der Waals surface area contributed by atoms with E-state index in [0.717, 1.165) is 41.3 Å². The van der Waals surface area contributed by atoms with Crippen molar-refractivity contribution in [3.8, 4) is 17.2 Å². The average Bonchev–Trinajstić information content (AvgIpc) is 3.17. The van der Waals surface area contributed by atoms with E-state index in [1.807, 2.05) is 75.4 Å². The predicted octanol–water partition coefficient (Wildman–Crippen LogP) is 9.92. The maximum Gasteiger partial charge on any atom is 0.319 e. The molecule has 0 aliphatic rings. The number of phenolic OH excluding ortho intramolecular Hbond substituents is 3. The van der Waals surface area contributed by atoms with Gasteiger partial charge >= 0.3 is 18.1 Å². The van der Waals surface area contributed by atoms with E-state index in [-0.39, 0.29) is 22.5 Å². The van der Waals surface area contributed by atoms with Crippen LogP contribution in [0.5, 0.6) is 17.2 Å². The minimum absolute atomic E-state index is 0.0345. The van der Waals surface area contributed by atoms with E-state index >= 15 is 0 Å². The van der Waals surface area contributed by atoms with Gasteiger partial charge in [0.2, 0.25) is 0 Å². The second-order valence-electron chi connectivity index (χ2n) is 15.5. The third-order valence-electron chi connectivity index (χ3n) is 8.37. The third-order valence-corrected chi connectivity index (χ3v) is 8.37. The molecule has 0 atom stereocenters. The monoisotopic (exact) mass is 830 g/mol. The molecule has 0 saturated heterocycles. The molecule has 5 aromatic rings. The van der Waals surface area contributed by atoms with Crippen LogP contribution in [0.1, 0.15) is 57.7 Å². The molecule has 12 nitrogen and oxygen atoms in total. The van der Waals surface area contributed by atoms with Crippen molar-refractivity contribution in [1.82, 2.24) is 16.0 Å². The molecular weight excluding hydrogens is 778 g/mol. The van der Waals surface area contributed by atoms with E-state index in [1.54, 1.807) is 0 Å². The molecule has 6 amide bonds. The van der Waals surface area contributed by atoms with Crippen molar-refractivity contribution < 1.29 is 42.9 Å². The number of carbonyl (C=O) groups is 3. The summed E-state index contributed by atoms with van der Waals surface area (Å²) in [6.45, 7) is 12.9. The van der Waals surface area contributed by atoms with Crippen LogP contribution in [0.15, 0.2) is 109 Å². The molecule has 5 rings (SSSR count). The Kier molecular flexibility index (Phi) is 17.6. The first-order valence-corrected chi connectivity index (χ1v) is 18.9. The molecule has 0 spiro atoms. The molecule has 15 heteroatoms. The van der Waals surface area contributed by atoms with Crippen LogP contribution in [0.4, 0.5) is 44.6 Å². The van der Waals surface area contributed by atoms with Gasteiger partial charge in [-0.15, -0.1) is 0 Å². The number of halogens is 3. The molecule has 0 heterocycles. The van der Waals surface area contributed by atoms with Gasteiger partial charge in [0.25, 0.3) is 0 Å². The Hall–Kier alpha value is -6.90. The van der Waals surface area contributed by atoms with E-state index in [0.29, 0.717) is 19.5 Å². The first-order valence-electron chi connectivity index (χ1n) is 18.9. The lowest BCUT2D eigenvalue weighted by atomic mass is 9.82. The number of aryl methyl sites for hydroxylation is 1. The normalized spacial score (nSPS) is 10.8. The molecule has 0 unspecified atom stereocenters. The highest BCUT2D eigenvalue weighted by Crippen LogP contribution is 2.29. The van der Waals surface area contributed by atoms with Gasteiger partial charge in [-0.25, -0.2) is 27.6 Å². The highest BCUT2D eigenvalue weighted by atomic mass is 19.1. The third kappa shape index (κ3) is 16.5. The number of hydrogen-bond donors (Lipinski definition) is 9. The smallest absolute Gasteiger partial charge is 0.319 e. The maximum absolute atomic E-state index is 13.2. The Morgan fingerprint density at radius 3 is 1.45 bits per heavy atom. The van der Waals surface area contributed by atoms with Gasteiger partial charge in [-0.2, -0.15) is 0 Å². The molecule has 5 aromatic carbocycles. The Morgan fingerprint density at radius 2 is 0.983 bits per heavy atom. The Balaban J connectivity index is 0.000000240. The highest BCUT2D eigenvalue weighted by molar-refractivity contribution is 5.92. The predicted molar refractivity (Wildman–Crippen MR) is 229 cm³/mol. The summed E-state index contributed by atoms with van der Waals surface area (Å²) in [6.07, 6.45) is 1.48. The summed E-state index contributed by atoms with van der Waals surface area (Å²) in [5.74, 6) is -4.01. The van der Waals surface area contributed by atoms with E-state index in [1.165, 1.54) is 36.4 Å². The molecule has 0 saturated carbocycles. The van der Waals surface area contributed by atoms with Gasteiger partial charge in [-0.3, -0.25) is 0 Å². The summed E-state index contributed by atoms with van der Waals surface area (Å²) in [5.41, 5.74) is 2.96. The van der Waals surface area contributed by atoms with E-state index in [9.17, 15) is 42.9 Å². The van der Waals surface area contributed by atoms with Gasteiger partial charge in [0, 0.05) is 18.6 Å². The summed E-state index contributed by atoms with van der Waals surface area (Å²) in [4.78, 5) is 35.2. The fraction of sp³-hybridized carbons (Fsp3) is 0.267. The first-order chi connectivity index (χ1) is 28.2. The van der Waals surface area contributed by atoms with Crippen molar-refractivity contribution in [3.05, 3.63) is 143 Å². The van der Waals surface area contributed by atoms with Crippen LogP contribution in [-0.2, 0) is 13.0 Å². The number of nitrogens with one attached hydrogen (secondary N) is 6. The molecule has 0 fully saturated rings. The number of hydrogen-bond acceptors (Lipinski definition) is 6. The molecule has 0 aliphatic carbocycles. The van der Waals surface area contributed by atoms with Crippen LogP contribution in [0.2, 0.25) is 0 Å². The van der Waals surface area contributed by atoms with Crippen molar-refractivity contribution >= 4 is 35.2 Å². The average molecular weight is 831 g/mol. The summed E-state index contributed by atoms with van der Waals surface area (Å²) in [6, 6.07) is 27.8. The fourth-order valence-electron chi connectivity index (χ4n) is 5.96. The molecule has 60 heavy (non-hydrogen) atoms. The van der Waals surface area contributed by atoms with Crippen LogP contribution in [0, 0.1) is 29.8 Å². The zero-order chi connectivity index (χ0) is 44.5. The van der Waals surface area contributed by atoms with Gasteiger partial charge in [-0.1, -0.05) is 93.6 Å². The van der Waals surface area contributed by atoms with Crippen molar-refractivity contribution in [3.63, 3.8) is 0 Å². The van der Waals surface area contributed by atoms with Crippen LogP contribution in [0.25, 0.3) is 0 Å². The molecule has 0 aromatic heterocycles. The largest absolute Gasteiger partial charge is 0.503 e. The molecular formula is C45H53F3N6O6. The second kappa shape index (κ2) is 22.3. The van der Waals surface area contributed by atoms with Gasteiger partial charge < -0.3 is 47.2 Å². The van der Waals surface area contributed by atoms with E-state index < -0.39 is 58.3 Å². The lowest BCUT2D eigenvalue weighted by Crippen LogP contribution is -2.47. The summed E-state index contributed by atoms with van der Waals surface area (Å²) in [7, 11) is 0. The molecule has 0 aliphatic heterocycles. The summed E-state index contributed by atoms with van der Waals surface area (Å²) >= 11 is 0. The minimum atomic E-state index is -0.776. The first kappa shape index (κ1) is 47.5. The number of para-hydroxylation sites is 3. The Bertz CT molecular complexity index is 2200. The zero-order valence-electron chi connectivity index (χ0n) is 34.4. The Morgan fingerprint density at radius 1 is 0.550 bits per heavy atom. The van der Waals surface area contributed by atoms with Crippen molar-refractivity contribution in [2.75, 3.05) is 22.5 Å². The molecule has 0 bridgehead atoms. The number of urea groups is 3. The Labute approximate surface area is 348 Å². The molecule has 0 radical (unpaired) electrons. The van der Waals surface area contributed by atoms with Crippen molar-refractivity contribution in [2.24, 2.45) is 5.41 Å². The topological polar surface area (TPSA) is 184 Å². The van der Waals surface area contributed by atoms with Gasteiger partial charge in [0.1, 0.15) is 0 Å². The standard InChI is InChI=1S/2C15H15FN2O2.C15H23FN2O2/c1-10-5-2-3-6-11(10)9-17-15(20)18-13-8-4-7-12(16)14(13)19;16-12-7-4-8-13(14(12)19)18-15(20)17-10-9-11-5-2-1-3-6-11;1-14(2,3)9-15(4,5)18-13(20)17-11-8-6-7-10(16)12(11)19/h2-8,19H,9H2,1H3,(H2,17,18,20);1-8,19H,9-10H2,(H2,17,18,20);6-8,19H,9H2,1-5H3,(H2,17,18,20). The van der Waals surface area contributed by atoms with Crippen LogP contribution >= 0.6 is 0 Å². The number of carbonyl (C=O) groups excluding carboxylic acids is 3. The quantitative estimate of drug-likeness (QED) is 0.0631. The molecule has 9 N–H and O–H groups in total. The van der Waals surface area contributed by atoms with Crippen LogP contribution in [0.3, 0.4) is 0 Å². The zero-order valence-corrected chi connectivity index (χ0v) is 34.4. The van der Waals surface area contributed by atoms with Gasteiger partial charge in [0.15, 0.2) is 34.7 Å². The number of phenols is 3. The van der Waals surface area contributed by atoms with Crippen molar-refractivity contribution in [1.29, 1.82) is 0 Å². The van der Waals surface area contributed by atoms with Crippen LogP contribution < -0.4 is 31.9 Å². The van der Waals surface area contributed by atoms with Gasteiger partial charge in [-0.05, 0) is 92.1 Å². The fourth-order valence-corrected chi connectivity index (χ4v) is 5.96. The van der Waals surface area contributed by atoms with E-state index in [4.69, 9.17) is 0 Å². The van der Waals surface area contributed by atoms with E-state index in [2.05, 4.69) is 52.7 Å². The minimum Gasteiger partial charge on any atom is -0.503 e. The highest BCUT2D eigenvalue weighted by Gasteiger charge is 2.27. The number of benzene rings is 5. The molecule has 320 valence electrons. The van der Waals surface area contributed by atoms with Crippen LogP contribution in [-0.4, -0.2) is 45.5 Å². The summed E-state index contributed by atoms with van der Waals surface area (Å²) in [5, 5.41) is 43.8. The number of anilines is 3. The number of amides is 6. The number of aromatic hydroxyl groups is 3. The summed E-state index contributed by atoms with van der Waals surface area (Å²) < 4.78 is 39.4. The lowest BCUT2D eigenvalue weighted by Gasteiger charge is -2.33. The van der Waals surface area contributed by atoms with Gasteiger partial charge in [0.05, 0.1) is 17.1 Å². The van der Waals surface area contributed by atoms with Crippen molar-refractivity contribution in [2.45, 2.75) is 66.5 Å². The second-order valence-corrected chi connectivity index (χ2v) is 15.5. The number of rotatable bonds is 10. The SMILES string of the molecule is CC(C)(C)CC(C)(C)NC(=O)Nc1cccc(F)c1O.Cc1ccccc1CNC(=O)Nc1cccc(F)c1O.O=C(NCCc1ccccc1)Nc1cccc(F)c1O. The maximum atomic E-state index is 13.2. The lowest BCUT2D eigenvalue weighted by molar-refractivity contribution is 0.220.